The highest BCUT2D eigenvalue weighted by molar-refractivity contribution is 6.34. The maximum absolute atomic E-state index is 15.6. The molecule has 172 valence electrons. The molecule has 0 amide bonds. The molecule has 7 nitrogen and oxygen atoms in total. The van der Waals surface area contributed by atoms with E-state index in [1.165, 1.54) is 26.4 Å². The first-order chi connectivity index (χ1) is 15.9. The average molecular weight is 472 g/mol. The van der Waals surface area contributed by atoms with Crippen molar-refractivity contribution in [2.45, 2.75) is 12.0 Å². The van der Waals surface area contributed by atoms with Gasteiger partial charge < -0.3 is 25.7 Å². The lowest BCUT2D eigenvalue weighted by atomic mass is 9.85. The number of pyridine rings is 1. The van der Waals surface area contributed by atoms with Gasteiger partial charge in [-0.1, -0.05) is 11.6 Å². The van der Waals surface area contributed by atoms with Crippen LogP contribution < -0.4 is 25.7 Å². The lowest BCUT2D eigenvalue weighted by Crippen LogP contribution is -2.40. The summed E-state index contributed by atoms with van der Waals surface area (Å²) in [5.74, 6) is -0.325. The van der Waals surface area contributed by atoms with Gasteiger partial charge in [-0.25, -0.2) is 9.37 Å². The first-order valence-electron chi connectivity index (χ1n) is 10.2. The second kappa shape index (κ2) is 8.97. The van der Waals surface area contributed by atoms with Crippen molar-refractivity contribution in [2.24, 2.45) is 11.5 Å². The molecule has 33 heavy (non-hydrogen) atoms. The Morgan fingerprint density at radius 1 is 1.18 bits per heavy atom. The number of carbonyl (C=O) groups excluding carboxylic acids is 1. The van der Waals surface area contributed by atoms with Crippen molar-refractivity contribution >= 4 is 17.4 Å². The third kappa shape index (κ3) is 3.70. The van der Waals surface area contributed by atoms with Gasteiger partial charge in [0.1, 0.15) is 5.75 Å². The van der Waals surface area contributed by atoms with Crippen molar-refractivity contribution in [3.63, 3.8) is 0 Å². The smallest absolute Gasteiger partial charge is 0.220 e. The number of carbonyl (C=O) groups is 1. The van der Waals surface area contributed by atoms with Gasteiger partial charge in [-0.3, -0.25) is 4.79 Å². The SMILES string of the molecule is COc1ccc(C(=O)CN)c(-c2c(Cl)ccc3c2C[C@@](CN)(c2cccnc2OC)O3)c1F. The van der Waals surface area contributed by atoms with E-state index in [1.807, 2.05) is 6.07 Å². The number of aromatic nitrogens is 1. The lowest BCUT2D eigenvalue weighted by Gasteiger charge is -2.28. The van der Waals surface area contributed by atoms with E-state index in [0.29, 0.717) is 28.3 Å². The van der Waals surface area contributed by atoms with E-state index in [2.05, 4.69) is 4.98 Å². The summed E-state index contributed by atoms with van der Waals surface area (Å²) in [6, 6.07) is 9.75. The molecule has 0 saturated carbocycles. The summed E-state index contributed by atoms with van der Waals surface area (Å²) >= 11 is 6.60. The second-order valence-corrected chi connectivity index (χ2v) is 7.98. The van der Waals surface area contributed by atoms with Crippen LogP contribution >= 0.6 is 11.6 Å². The Morgan fingerprint density at radius 3 is 2.64 bits per heavy atom. The van der Waals surface area contributed by atoms with E-state index >= 15 is 4.39 Å². The van der Waals surface area contributed by atoms with Crippen LogP contribution in [0.2, 0.25) is 5.02 Å². The summed E-state index contributed by atoms with van der Waals surface area (Å²) in [5, 5.41) is 0.251. The molecule has 1 aliphatic heterocycles. The van der Waals surface area contributed by atoms with Crippen LogP contribution in [0.4, 0.5) is 4.39 Å². The molecule has 0 fully saturated rings. The number of nitrogens with zero attached hydrogens (tertiary/aromatic N) is 1. The first kappa shape index (κ1) is 23.0. The van der Waals surface area contributed by atoms with Gasteiger partial charge in [0.2, 0.25) is 5.88 Å². The van der Waals surface area contributed by atoms with Crippen molar-refractivity contribution in [1.82, 2.24) is 4.98 Å². The molecule has 0 radical (unpaired) electrons. The molecule has 1 aliphatic rings. The number of hydrogen-bond donors (Lipinski definition) is 2. The quantitative estimate of drug-likeness (QED) is 0.507. The Morgan fingerprint density at radius 2 is 1.97 bits per heavy atom. The van der Waals surface area contributed by atoms with E-state index in [-0.39, 0.29) is 41.4 Å². The molecule has 9 heteroatoms. The Kier molecular flexibility index (Phi) is 6.25. The van der Waals surface area contributed by atoms with Crippen LogP contribution in [0.15, 0.2) is 42.6 Å². The largest absolute Gasteiger partial charge is 0.494 e. The molecule has 2 aromatic carbocycles. The Labute approximate surface area is 195 Å². The predicted molar refractivity (Wildman–Crippen MR) is 123 cm³/mol. The van der Waals surface area contributed by atoms with Crippen LogP contribution in [-0.2, 0) is 12.0 Å². The number of nitrogens with two attached hydrogens (primary N) is 2. The molecule has 0 saturated heterocycles. The lowest BCUT2D eigenvalue weighted by molar-refractivity contribution is 0.0985. The molecule has 1 aromatic heterocycles. The zero-order valence-corrected chi connectivity index (χ0v) is 18.9. The fraction of sp³-hybridized carbons (Fsp3) is 0.250. The molecule has 1 atom stereocenters. The monoisotopic (exact) mass is 471 g/mol. The van der Waals surface area contributed by atoms with Crippen molar-refractivity contribution in [3.05, 3.63) is 70.1 Å². The maximum Gasteiger partial charge on any atom is 0.220 e. The van der Waals surface area contributed by atoms with Gasteiger partial charge in [-0.15, -0.1) is 0 Å². The highest BCUT2D eigenvalue weighted by atomic mass is 35.5. The van der Waals surface area contributed by atoms with Crippen molar-refractivity contribution < 1.29 is 23.4 Å². The highest BCUT2D eigenvalue weighted by Crippen LogP contribution is 2.50. The number of hydrogen-bond acceptors (Lipinski definition) is 7. The number of ketones is 1. The molecule has 4 N–H and O–H groups in total. The number of rotatable bonds is 7. The van der Waals surface area contributed by atoms with Gasteiger partial charge in [0.05, 0.1) is 26.3 Å². The minimum Gasteiger partial charge on any atom is -0.494 e. The molecular formula is C24H23ClFN3O4. The number of benzene rings is 2. The minimum absolute atomic E-state index is 0.0150. The van der Waals surface area contributed by atoms with Crippen LogP contribution in [0.3, 0.4) is 0 Å². The maximum atomic E-state index is 15.6. The van der Waals surface area contributed by atoms with Gasteiger partial charge in [-0.05, 0) is 36.4 Å². The van der Waals surface area contributed by atoms with Crippen molar-refractivity contribution in [1.29, 1.82) is 0 Å². The van der Waals surface area contributed by atoms with Crippen LogP contribution in [0.1, 0.15) is 21.5 Å². The zero-order valence-electron chi connectivity index (χ0n) is 18.2. The molecule has 2 heterocycles. The fourth-order valence-corrected chi connectivity index (χ4v) is 4.52. The van der Waals surface area contributed by atoms with Crippen molar-refractivity contribution in [3.8, 4) is 28.5 Å². The van der Waals surface area contributed by atoms with E-state index in [1.54, 1.807) is 24.4 Å². The first-order valence-corrected chi connectivity index (χ1v) is 10.6. The molecule has 0 aliphatic carbocycles. The van der Waals surface area contributed by atoms with Crippen molar-refractivity contribution in [2.75, 3.05) is 27.3 Å². The highest BCUT2D eigenvalue weighted by Gasteiger charge is 2.44. The molecular weight excluding hydrogens is 449 g/mol. The summed E-state index contributed by atoms with van der Waals surface area (Å²) in [5.41, 5.74) is 12.5. The predicted octanol–water partition coefficient (Wildman–Crippen LogP) is 3.49. The Balaban J connectivity index is 1.97. The summed E-state index contributed by atoms with van der Waals surface area (Å²) in [4.78, 5) is 16.9. The molecule has 4 rings (SSSR count). The van der Waals surface area contributed by atoms with Gasteiger partial charge in [0.25, 0.3) is 0 Å². The van der Waals surface area contributed by atoms with Crippen LogP contribution in [0, 0.1) is 5.82 Å². The number of ether oxygens (including phenoxy) is 3. The van der Waals surface area contributed by atoms with E-state index in [9.17, 15) is 4.79 Å². The zero-order chi connectivity index (χ0) is 23.8. The molecule has 0 unspecified atom stereocenters. The fourth-order valence-electron chi connectivity index (χ4n) is 4.25. The number of methoxy groups -OCH3 is 2. The van der Waals surface area contributed by atoms with Gasteiger partial charge >= 0.3 is 0 Å². The standard InChI is InChI=1S/C24H23ClFN3O4/c1-31-19-7-5-13(17(30)11-27)21(22(19)26)20-14-10-24(12-28,33-18(14)8-6-16(20)25)15-4-3-9-29-23(15)32-2/h3-9H,10-12,27-28H2,1-2H3/t24-/m1/s1. The topological polar surface area (TPSA) is 110 Å². The summed E-state index contributed by atoms with van der Waals surface area (Å²) in [6.45, 7) is -0.197. The van der Waals surface area contributed by atoms with E-state index < -0.39 is 17.2 Å². The summed E-state index contributed by atoms with van der Waals surface area (Å²) < 4.78 is 32.5. The van der Waals surface area contributed by atoms with Crippen LogP contribution in [-0.4, -0.2) is 38.1 Å². The summed E-state index contributed by atoms with van der Waals surface area (Å²) in [6.07, 6.45) is 1.86. The average Bonchev–Trinajstić information content (AvgIpc) is 3.24. The van der Waals surface area contributed by atoms with E-state index in [0.717, 1.165) is 0 Å². The minimum atomic E-state index is -1.02. The van der Waals surface area contributed by atoms with E-state index in [4.69, 9.17) is 37.3 Å². The third-order valence-electron chi connectivity index (χ3n) is 5.83. The number of Topliss-reactive ketones (excluding diaryl/α,β-unsaturated/α-hetero) is 1. The Bertz CT molecular complexity index is 1240. The van der Waals surface area contributed by atoms with Crippen LogP contribution in [0.5, 0.6) is 17.4 Å². The molecule has 0 bridgehead atoms. The van der Waals surface area contributed by atoms with Gasteiger partial charge in [0.15, 0.2) is 23.0 Å². The summed E-state index contributed by atoms with van der Waals surface area (Å²) in [7, 11) is 2.86. The number of halogens is 2. The molecule has 3 aromatic rings. The third-order valence-corrected chi connectivity index (χ3v) is 6.15. The normalized spacial score (nSPS) is 16.8. The van der Waals surface area contributed by atoms with Gasteiger partial charge in [-0.2, -0.15) is 0 Å². The number of fused-ring (bicyclic) bond motifs is 1. The second-order valence-electron chi connectivity index (χ2n) is 7.57. The molecule has 0 spiro atoms. The Hall–Kier alpha value is -3.20. The van der Waals surface area contributed by atoms with Gasteiger partial charge in [0, 0.05) is 46.4 Å². The van der Waals surface area contributed by atoms with Crippen LogP contribution in [0.25, 0.3) is 11.1 Å².